The Bertz CT molecular complexity index is 4610. The number of aryl methyl sites for hydroxylation is 2. The molecule has 14 rings (SSSR count). The van der Waals surface area contributed by atoms with Crippen molar-refractivity contribution < 1.29 is 0 Å². The second kappa shape index (κ2) is 23.5. The summed E-state index contributed by atoms with van der Waals surface area (Å²) < 4.78 is 0. The molecule has 0 saturated heterocycles. The number of benzene rings is 12. The van der Waals surface area contributed by atoms with Crippen LogP contribution in [0.15, 0.2) is 309 Å². The first-order chi connectivity index (χ1) is 42.3. The standard InChI is InChI=1S/C81H57N5/c1-54-82-78(74-45-66(56-22-9-3-10-23-56)41-67(46-74)57-24-11-4-12-25-57)53-79(83-54)75-47-68(58-26-13-5-14-27-58)42-69(48-75)63-38-36-62(37-39-63)64-34-21-35-65(40-64)73-44-72(61-32-19-8-20-33-61)51-77(52-73)81-85-55(2)84-80(86-81)76-49-70(59-28-15-6-16-29-59)43-71(50-76)60-30-17-7-18-31-60/h3-53H,1-2H3. The van der Waals surface area contributed by atoms with Gasteiger partial charge in [0, 0.05) is 22.3 Å². The van der Waals surface area contributed by atoms with Gasteiger partial charge in [-0.05, 0) is 199 Å². The van der Waals surface area contributed by atoms with Crippen LogP contribution in [0, 0.1) is 13.8 Å². The van der Waals surface area contributed by atoms with Gasteiger partial charge in [-0.1, -0.05) is 224 Å². The van der Waals surface area contributed by atoms with Gasteiger partial charge in [-0.2, -0.15) is 0 Å². The van der Waals surface area contributed by atoms with E-state index < -0.39 is 0 Å². The van der Waals surface area contributed by atoms with Crippen molar-refractivity contribution in [2.75, 3.05) is 0 Å². The normalized spacial score (nSPS) is 11.1. The summed E-state index contributed by atoms with van der Waals surface area (Å²) in [6.07, 6.45) is 0. The van der Waals surface area contributed by atoms with Crippen molar-refractivity contribution in [1.29, 1.82) is 0 Å². The lowest BCUT2D eigenvalue weighted by atomic mass is 9.92. The molecular formula is C81H57N5. The molecule has 12 aromatic carbocycles. The van der Waals surface area contributed by atoms with Gasteiger partial charge in [0.1, 0.15) is 11.6 Å². The molecule has 14 aromatic rings. The van der Waals surface area contributed by atoms with E-state index >= 15 is 0 Å². The molecule has 0 bridgehead atoms. The Balaban J connectivity index is 0.814. The molecule has 2 aromatic heterocycles. The summed E-state index contributed by atoms with van der Waals surface area (Å²) in [7, 11) is 0. The Labute approximate surface area is 502 Å². The topological polar surface area (TPSA) is 64.5 Å². The predicted molar refractivity (Wildman–Crippen MR) is 356 cm³/mol. The zero-order valence-electron chi connectivity index (χ0n) is 47.7. The molecule has 0 aliphatic rings. The van der Waals surface area contributed by atoms with Crippen LogP contribution in [-0.4, -0.2) is 24.9 Å². The van der Waals surface area contributed by atoms with Crippen molar-refractivity contribution in [1.82, 2.24) is 24.9 Å². The largest absolute Gasteiger partial charge is 0.233 e. The van der Waals surface area contributed by atoms with Gasteiger partial charge in [-0.15, -0.1) is 0 Å². The number of nitrogens with zero attached hydrogens (tertiary/aromatic N) is 5. The summed E-state index contributed by atoms with van der Waals surface area (Å²) in [4.78, 5) is 25.5. The lowest BCUT2D eigenvalue weighted by molar-refractivity contribution is 0.992. The zero-order chi connectivity index (χ0) is 57.8. The van der Waals surface area contributed by atoms with E-state index in [1.807, 2.05) is 26.0 Å². The van der Waals surface area contributed by atoms with Gasteiger partial charge < -0.3 is 0 Å². The zero-order valence-corrected chi connectivity index (χ0v) is 47.7. The van der Waals surface area contributed by atoms with Crippen LogP contribution >= 0.6 is 0 Å². The number of hydrogen-bond donors (Lipinski definition) is 0. The molecule has 0 unspecified atom stereocenters. The maximum absolute atomic E-state index is 5.27. The summed E-state index contributed by atoms with van der Waals surface area (Å²) in [6.45, 7) is 3.94. The minimum absolute atomic E-state index is 0.616. The summed E-state index contributed by atoms with van der Waals surface area (Å²) in [5.74, 6) is 2.59. The first-order valence-electron chi connectivity index (χ1n) is 29.1. The van der Waals surface area contributed by atoms with Crippen LogP contribution in [0.5, 0.6) is 0 Å². The van der Waals surface area contributed by atoms with E-state index in [4.69, 9.17) is 24.9 Å². The average Bonchev–Trinajstić information content (AvgIpc) is 3.71. The van der Waals surface area contributed by atoms with Gasteiger partial charge in [-0.3, -0.25) is 0 Å². The molecule has 5 heteroatoms. The van der Waals surface area contributed by atoms with E-state index in [2.05, 4.69) is 297 Å². The third-order valence-electron chi connectivity index (χ3n) is 15.8. The Kier molecular flexibility index (Phi) is 14.4. The maximum Gasteiger partial charge on any atom is 0.163 e. The van der Waals surface area contributed by atoms with Crippen molar-refractivity contribution in [3.63, 3.8) is 0 Å². The van der Waals surface area contributed by atoms with Crippen LogP contribution < -0.4 is 0 Å². The SMILES string of the molecule is Cc1nc(-c2cc(-c3ccccc3)cc(-c3ccccc3)c2)cc(-c2cc(-c3ccccc3)cc(-c3ccc(-c4cccc(-c5cc(-c6ccccc6)cc(-c6nc(C)nc(-c7cc(-c8ccccc8)cc(-c8ccccc8)c7)n6)c5)c4)cc3)c2)n1. The molecule has 0 radical (unpaired) electrons. The minimum atomic E-state index is 0.616. The first kappa shape index (κ1) is 52.8. The smallest absolute Gasteiger partial charge is 0.163 e. The Morgan fingerprint density at radius 3 is 0.674 bits per heavy atom. The molecule has 0 aliphatic heterocycles. The van der Waals surface area contributed by atoms with Crippen LogP contribution in [0.3, 0.4) is 0 Å². The molecule has 86 heavy (non-hydrogen) atoms. The quantitative estimate of drug-likeness (QED) is 0.115. The molecule has 0 spiro atoms. The van der Waals surface area contributed by atoms with Gasteiger partial charge >= 0.3 is 0 Å². The number of aromatic nitrogens is 5. The molecule has 5 nitrogen and oxygen atoms in total. The van der Waals surface area contributed by atoms with Gasteiger partial charge in [0.05, 0.1) is 11.4 Å². The van der Waals surface area contributed by atoms with Gasteiger partial charge in [0.25, 0.3) is 0 Å². The van der Waals surface area contributed by atoms with Gasteiger partial charge in [0.2, 0.25) is 0 Å². The summed E-state index contributed by atoms with van der Waals surface area (Å²) in [5, 5.41) is 0. The molecule has 0 N–H and O–H groups in total. The second-order valence-corrected chi connectivity index (χ2v) is 21.8. The molecule has 0 saturated carbocycles. The molecule has 0 atom stereocenters. The molecule has 0 aliphatic carbocycles. The van der Waals surface area contributed by atoms with E-state index in [9.17, 15) is 0 Å². The van der Waals surface area contributed by atoms with E-state index in [0.717, 1.165) is 134 Å². The molecule has 0 amide bonds. The lowest BCUT2D eigenvalue weighted by Gasteiger charge is -2.14. The summed E-state index contributed by atoms with van der Waals surface area (Å²) in [5.41, 5.74) is 25.6. The van der Waals surface area contributed by atoms with Crippen LogP contribution in [0.1, 0.15) is 11.6 Å². The highest BCUT2D eigenvalue weighted by Crippen LogP contribution is 2.40. The minimum Gasteiger partial charge on any atom is -0.233 e. The fourth-order valence-electron chi connectivity index (χ4n) is 11.5. The molecule has 406 valence electrons. The molecular weight excluding hydrogens is 1040 g/mol. The highest BCUT2D eigenvalue weighted by atomic mass is 15.0. The fraction of sp³-hybridized carbons (Fsp3) is 0.0247. The monoisotopic (exact) mass is 1100 g/mol. The van der Waals surface area contributed by atoms with E-state index in [0.29, 0.717) is 23.3 Å². The van der Waals surface area contributed by atoms with E-state index in [1.165, 1.54) is 0 Å². The second-order valence-electron chi connectivity index (χ2n) is 21.8. The van der Waals surface area contributed by atoms with Crippen molar-refractivity contribution in [3.05, 3.63) is 321 Å². The van der Waals surface area contributed by atoms with E-state index in [1.54, 1.807) is 0 Å². The third kappa shape index (κ3) is 11.5. The lowest BCUT2D eigenvalue weighted by Crippen LogP contribution is -2.00. The fourth-order valence-corrected chi connectivity index (χ4v) is 11.5. The van der Waals surface area contributed by atoms with E-state index in [-0.39, 0.29) is 0 Å². The van der Waals surface area contributed by atoms with Crippen molar-refractivity contribution in [2.24, 2.45) is 0 Å². The van der Waals surface area contributed by atoms with Gasteiger partial charge in [-0.25, -0.2) is 24.9 Å². The van der Waals surface area contributed by atoms with Crippen LogP contribution in [0.2, 0.25) is 0 Å². The van der Waals surface area contributed by atoms with Crippen LogP contribution in [0.4, 0.5) is 0 Å². The Hall–Kier alpha value is -11.3. The third-order valence-corrected chi connectivity index (χ3v) is 15.8. The Morgan fingerprint density at radius 1 is 0.151 bits per heavy atom. The number of hydrogen-bond acceptors (Lipinski definition) is 5. The maximum atomic E-state index is 5.27. The molecule has 2 heterocycles. The summed E-state index contributed by atoms with van der Waals surface area (Å²) >= 11 is 0. The number of rotatable bonds is 13. The highest BCUT2D eigenvalue weighted by Gasteiger charge is 2.18. The van der Waals surface area contributed by atoms with Gasteiger partial charge in [0.15, 0.2) is 11.6 Å². The van der Waals surface area contributed by atoms with Crippen molar-refractivity contribution >= 4 is 0 Å². The average molecular weight is 1100 g/mol. The van der Waals surface area contributed by atoms with Crippen LogP contribution in [-0.2, 0) is 0 Å². The highest BCUT2D eigenvalue weighted by molar-refractivity contribution is 5.87. The summed E-state index contributed by atoms with van der Waals surface area (Å²) in [6, 6.07) is 110. The molecule has 0 fully saturated rings. The Morgan fingerprint density at radius 2 is 0.360 bits per heavy atom. The van der Waals surface area contributed by atoms with Crippen molar-refractivity contribution in [3.8, 4) is 145 Å². The van der Waals surface area contributed by atoms with Crippen LogP contribution in [0.25, 0.3) is 145 Å². The van der Waals surface area contributed by atoms with Crippen molar-refractivity contribution in [2.45, 2.75) is 13.8 Å². The predicted octanol–water partition coefficient (Wildman–Crippen LogP) is 20.9. The first-order valence-corrected chi connectivity index (χ1v) is 29.1.